The van der Waals surface area contributed by atoms with Crippen LogP contribution in [0.25, 0.3) is 0 Å². The van der Waals surface area contributed by atoms with Crippen molar-refractivity contribution in [3.8, 4) is 0 Å². The highest BCUT2D eigenvalue weighted by Crippen LogP contribution is 2.15. The zero-order valence-electron chi connectivity index (χ0n) is 8.45. The summed E-state index contributed by atoms with van der Waals surface area (Å²) in [7, 11) is 0. The van der Waals surface area contributed by atoms with E-state index >= 15 is 0 Å². The van der Waals surface area contributed by atoms with Crippen LogP contribution in [0, 0.1) is 5.92 Å². The summed E-state index contributed by atoms with van der Waals surface area (Å²) >= 11 is 0. The molecule has 1 aliphatic rings. The number of nitrogens with two attached hydrogens (primary N) is 1. The molecule has 1 aliphatic heterocycles. The van der Waals surface area contributed by atoms with Gasteiger partial charge in [-0.2, -0.15) is 0 Å². The summed E-state index contributed by atoms with van der Waals surface area (Å²) in [5, 5.41) is 3.41. The molecule has 0 aromatic heterocycles. The van der Waals surface area contributed by atoms with Crippen molar-refractivity contribution in [3.63, 3.8) is 0 Å². The highest BCUT2D eigenvalue weighted by Gasteiger charge is 2.21. The summed E-state index contributed by atoms with van der Waals surface area (Å²) < 4.78 is 0. The van der Waals surface area contributed by atoms with Crippen molar-refractivity contribution >= 4 is 0 Å². The van der Waals surface area contributed by atoms with Crippen LogP contribution in [-0.2, 0) is 6.42 Å². The van der Waals surface area contributed by atoms with E-state index in [9.17, 15) is 0 Å². The Kier molecular flexibility index (Phi) is 3.17. The lowest BCUT2D eigenvalue weighted by molar-refractivity contribution is 0.324. The van der Waals surface area contributed by atoms with Crippen LogP contribution in [0.2, 0.25) is 0 Å². The van der Waals surface area contributed by atoms with Crippen LogP contribution >= 0.6 is 0 Å². The highest BCUT2D eigenvalue weighted by molar-refractivity contribution is 5.15. The molecule has 1 aromatic carbocycles. The average molecular weight is 190 g/mol. The molecule has 0 unspecified atom stereocenters. The SMILES string of the molecule is N[C@@H]1CCNC[C@@H]1Cc1ccccc1. The Bertz CT molecular complexity index is 271. The number of rotatable bonds is 2. The second-order valence-corrected chi connectivity index (χ2v) is 4.11. The molecule has 76 valence electrons. The summed E-state index contributed by atoms with van der Waals surface area (Å²) in [6.45, 7) is 2.14. The van der Waals surface area contributed by atoms with Gasteiger partial charge in [0.15, 0.2) is 0 Å². The average Bonchev–Trinajstić information content (AvgIpc) is 2.23. The van der Waals surface area contributed by atoms with Gasteiger partial charge in [0.2, 0.25) is 0 Å². The third kappa shape index (κ3) is 2.34. The molecule has 2 atom stereocenters. The molecule has 1 saturated heterocycles. The molecule has 1 fully saturated rings. The molecule has 0 aliphatic carbocycles. The maximum absolute atomic E-state index is 6.09. The van der Waals surface area contributed by atoms with E-state index in [1.54, 1.807) is 0 Å². The minimum atomic E-state index is 0.372. The number of hydrogen-bond acceptors (Lipinski definition) is 2. The first kappa shape index (κ1) is 9.69. The van der Waals surface area contributed by atoms with Gasteiger partial charge in [0.25, 0.3) is 0 Å². The second-order valence-electron chi connectivity index (χ2n) is 4.11. The molecule has 2 rings (SSSR count). The Morgan fingerprint density at radius 2 is 2.07 bits per heavy atom. The van der Waals surface area contributed by atoms with Gasteiger partial charge in [-0.05, 0) is 37.4 Å². The van der Waals surface area contributed by atoms with Crippen LogP contribution in [0.5, 0.6) is 0 Å². The van der Waals surface area contributed by atoms with E-state index < -0.39 is 0 Å². The lowest BCUT2D eigenvalue weighted by Crippen LogP contribution is -2.45. The first-order valence-electron chi connectivity index (χ1n) is 5.36. The summed E-state index contributed by atoms with van der Waals surface area (Å²) in [6, 6.07) is 11.0. The van der Waals surface area contributed by atoms with Gasteiger partial charge in [0.1, 0.15) is 0 Å². The Hall–Kier alpha value is -0.860. The second kappa shape index (κ2) is 4.58. The minimum Gasteiger partial charge on any atom is -0.327 e. The molecule has 2 nitrogen and oxygen atoms in total. The summed E-state index contributed by atoms with van der Waals surface area (Å²) in [4.78, 5) is 0. The molecule has 0 radical (unpaired) electrons. The lowest BCUT2D eigenvalue weighted by atomic mass is 9.88. The number of benzene rings is 1. The molecule has 0 bridgehead atoms. The van der Waals surface area contributed by atoms with Gasteiger partial charge in [-0.25, -0.2) is 0 Å². The molecule has 1 heterocycles. The van der Waals surface area contributed by atoms with Gasteiger partial charge in [-0.1, -0.05) is 30.3 Å². The monoisotopic (exact) mass is 190 g/mol. The van der Waals surface area contributed by atoms with Gasteiger partial charge in [0.05, 0.1) is 0 Å². The van der Waals surface area contributed by atoms with E-state index in [2.05, 4.69) is 35.6 Å². The predicted octanol–water partition coefficient (Wildman–Crippen LogP) is 1.17. The minimum absolute atomic E-state index is 0.372. The van der Waals surface area contributed by atoms with E-state index in [0.29, 0.717) is 12.0 Å². The normalized spacial score (nSPS) is 27.5. The zero-order valence-corrected chi connectivity index (χ0v) is 8.45. The quantitative estimate of drug-likeness (QED) is 0.734. The summed E-state index contributed by atoms with van der Waals surface area (Å²) in [5.74, 6) is 0.603. The Balaban J connectivity index is 1.96. The maximum Gasteiger partial charge on any atom is 0.00945 e. The van der Waals surface area contributed by atoms with Crippen LogP contribution in [0.3, 0.4) is 0 Å². The molecular weight excluding hydrogens is 172 g/mol. The maximum atomic E-state index is 6.09. The van der Waals surface area contributed by atoms with Crippen molar-refractivity contribution in [3.05, 3.63) is 35.9 Å². The zero-order chi connectivity index (χ0) is 9.80. The van der Waals surface area contributed by atoms with Crippen LogP contribution in [-0.4, -0.2) is 19.1 Å². The number of hydrogen-bond donors (Lipinski definition) is 2. The topological polar surface area (TPSA) is 38.0 Å². The van der Waals surface area contributed by atoms with Crippen molar-refractivity contribution in [2.24, 2.45) is 11.7 Å². The van der Waals surface area contributed by atoms with E-state index in [4.69, 9.17) is 5.73 Å². The van der Waals surface area contributed by atoms with Crippen molar-refractivity contribution in [2.45, 2.75) is 18.9 Å². The van der Waals surface area contributed by atoms with Crippen LogP contribution < -0.4 is 11.1 Å². The van der Waals surface area contributed by atoms with Crippen molar-refractivity contribution in [2.75, 3.05) is 13.1 Å². The van der Waals surface area contributed by atoms with Gasteiger partial charge in [-0.15, -0.1) is 0 Å². The molecule has 0 amide bonds. The number of piperidine rings is 1. The van der Waals surface area contributed by atoms with E-state index in [1.165, 1.54) is 5.56 Å². The van der Waals surface area contributed by atoms with Crippen LogP contribution in [0.15, 0.2) is 30.3 Å². The van der Waals surface area contributed by atoms with Crippen molar-refractivity contribution < 1.29 is 0 Å². The van der Waals surface area contributed by atoms with Crippen LogP contribution in [0.4, 0.5) is 0 Å². The fraction of sp³-hybridized carbons (Fsp3) is 0.500. The van der Waals surface area contributed by atoms with Crippen molar-refractivity contribution in [1.29, 1.82) is 0 Å². The highest BCUT2D eigenvalue weighted by atomic mass is 14.9. The fourth-order valence-corrected chi connectivity index (χ4v) is 2.08. The molecular formula is C12H18N2. The third-order valence-corrected chi connectivity index (χ3v) is 3.01. The first-order chi connectivity index (χ1) is 6.86. The fourth-order valence-electron chi connectivity index (χ4n) is 2.08. The molecule has 2 heteroatoms. The predicted molar refractivity (Wildman–Crippen MR) is 59.1 cm³/mol. The van der Waals surface area contributed by atoms with Gasteiger partial charge in [0, 0.05) is 6.04 Å². The van der Waals surface area contributed by atoms with E-state index in [-0.39, 0.29) is 0 Å². The molecule has 0 spiro atoms. The van der Waals surface area contributed by atoms with E-state index in [0.717, 1.165) is 25.9 Å². The van der Waals surface area contributed by atoms with Crippen molar-refractivity contribution in [1.82, 2.24) is 5.32 Å². The molecule has 1 aromatic rings. The molecule has 14 heavy (non-hydrogen) atoms. The Morgan fingerprint density at radius 3 is 2.79 bits per heavy atom. The smallest absolute Gasteiger partial charge is 0.00945 e. The number of nitrogens with one attached hydrogen (secondary N) is 1. The Morgan fingerprint density at radius 1 is 1.29 bits per heavy atom. The van der Waals surface area contributed by atoms with Gasteiger partial charge >= 0.3 is 0 Å². The standard InChI is InChI=1S/C12H18N2/c13-12-6-7-14-9-11(12)8-10-4-2-1-3-5-10/h1-5,11-12,14H,6-9,13H2/t11-,12+/m0/s1. The Labute approximate surface area is 85.5 Å². The first-order valence-corrected chi connectivity index (χ1v) is 5.36. The molecule has 0 saturated carbocycles. The van der Waals surface area contributed by atoms with Gasteiger partial charge in [-0.3, -0.25) is 0 Å². The van der Waals surface area contributed by atoms with Crippen LogP contribution in [0.1, 0.15) is 12.0 Å². The summed E-state index contributed by atoms with van der Waals surface area (Å²) in [6.07, 6.45) is 2.21. The third-order valence-electron chi connectivity index (χ3n) is 3.01. The van der Waals surface area contributed by atoms with E-state index in [1.807, 2.05) is 0 Å². The lowest BCUT2D eigenvalue weighted by Gasteiger charge is -2.29. The van der Waals surface area contributed by atoms with Gasteiger partial charge < -0.3 is 11.1 Å². The summed E-state index contributed by atoms with van der Waals surface area (Å²) in [5.41, 5.74) is 7.49. The molecule has 3 N–H and O–H groups in total. The largest absolute Gasteiger partial charge is 0.327 e.